The van der Waals surface area contributed by atoms with Crippen LogP contribution < -0.4 is 0 Å². The normalized spacial score (nSPS) is 14.1. The number of hydrogen-bond donors (Lipinski definition) is 0. The standard InChI is InChI=1S/C5H12BrP/c1-3-5-7(6)4-2/h3-5H2,1-2H3. The molecule has 0 fully saturated rings. The van der Waals surface area contributed by atoms with E-state index in [1.165, 1.54) is 18.7 Å². The van der Waals surface area contributed by atoms with Gasteiger partial charge >= 0.3 is 0 Å². The molecular weight excluding hydrogens is 171 g/mol. The van der Waals surface area contributed by atoms with E-state index in [0.717, 1.165) is 0 Å². The van der Waals surface area contributed by atoms with Crippen LogP contribution in [-0.4, -0.2) is 12.3 Å². The molecule has 0 spiro atoms. The minimum absolute atomic E-state index is 0.234. The van der Waals surface area contributed by atoms with Crippen molar-refractivity contribution in [2.75, 3.05) is 12.3 Å². The molecule has 0 radical (unpaired) electrons. The highest BCUT2D eigenvalue weighted by Crippen LogP contribution is 2.43. The predicted molar refractivity (Wildman–Crippen MR) is 41.5 cm³/mol. The van der Waals surface area contributed by atoms with Gasteiger partial charge in [0.15, 0.2) is 0 Å². The molecular formula is C5H12BrP. The lowest BCUT2D eigenvalue weighted by atomic mass is 10.6. The summed E-state index contributed by atoms with van der Waals surface area (Å²) in [4.78, 5) is 0. The zero-order valence-corrected chi connectivity index (χ0v) is 7.43. The Morgan fingerprint density at radius 2 is 2.00 bits per heavy atom. The van der Waals surface area contributed by atoms with Crippen LogP contribution in [0, 0.1) is 0 Å². The van der Waals surface area contributed by atoms with Crippen LogP contribution in [0.15, 0.2) is 0 Å². The molecule has 7 heavy (non-hydrogen) atoms. The average molecular weight is 183 g/mol. The van der Waals surface area contributed by atoms with Crippen molar-refractivity contribution in [2.45, 2.75) is 20.3 Å². The third kappa shape index (κ3) is 4.77. The highest BCUT2D eigenvalue weighted by molar-refractivity contribution is 9.39. The summed E-state index contributed by atoms with van der Waals surface area (Å²) in [5.41, 5.74) is 0. The van der Waals surface area contributed by atoms with E-state index in [4.69, 9.17) is 0 Å². The summed E-state index contributed by atoms with van der Waals surface area (Å²) < 4.78 is 0. The van der Waals surface area contributed by atoms with Gasteiger partial charge in [0.25, 0.3) is 0 Å². The van der Waals surface area contributed by atoms with Crippen LogP contribution in [0.25, 0.3) is 0 Å². The molecule has 0 N–H and O–H groups in total. The summed E-state index contributed by atoms with van der Waals surface area (Å²) in [5.74, 6) is 0. The Kier molecular flexibility index (Phi) is 5.71. The Morgan fingerprint density at radius 3 is 2.14 bits per heavy atom. The molecule has 0 nitrogen and oxygen atoms in total. The van der Waals surface area contributed by atoms with E-state index in [-0.39, 0.29) is 6.62 Å². The van der Waals surface area contributed by atoms with E-state index in [9.17, 15) is 0 Å². The first-order valence-electron chi connectivity index (χ1n) is 2.72. The fraction of sp³-hybridized carbons (Fsp3) is 1.00. The van der Waals surface area contributed by atoms with Crippen molar-refractivity contribution < 1.29 is 0 Å². The van der Waals surface area contributed by atoms with Gasteiger partial charge in [0, 0.05) is 0 Å². The van der Waals surface area contributed by atoms with E-state index in [0.29, 0.717) is 0 Å². The largest absolute Gasteiger partial charge is 0.0650 e. The maximum Gasteiger partial charge on any atom is -0.0230 e. The maximum atomic E-state index is 3.60. The van der Waals surface area contributed by atoms with Gasteiger partial charge in [-0.1, -0.05) is 35.8 Å². The summed E-state index contributed by atoms with van der Waals surface area (Å²) in [6, 6.07) is 0. The Bertz CT molecular complexity index is 39.1. The van der Waals surface area contributed by atoms with Crippen molar-refractivity contribution >= 4 is 22.1 Å². The topological polar surface area (TPSA) is 0 Å². The molecule has 0 aromatic carbocycles. The smallest absolute Gasteiger partial charge is 0.0230 e. The highest BCUT2D eigenvalue weighted by Gasteiger charge is 1.94. The minimum Gasteiger partial charge on any atom is -0.0650 e. The second-order valence-electron chi connectivity index (χ2n) is 1.50. The SMILES string of the molecule is CCCP(Br)CC. The molecule has 0 bridgehead atoms. The van der Waals surface area contributed by atoms with E-state index < -0.39 is 0 Å². The van der Waals surface area contributed by atoms with Crippen LogP contribution in [0.1, 0.15) is 20.3 Å². The van der Waals surface area contributed by atoms with Gasteiger partial charge in [-0.25, -0.2) is 0 Å². The molecule has 44 valence electrons. The first kappa shape index (κ1) is 7.91. The molecule has 0 aliphatic rings. The Labute approximate surface area is 55.2 Å². The second kappa shape index (κ2) is 5.05. The summed E-state index contributed by atoms with van der Waals surface area (Å²) in [5, 5.41) is 0. The fourth-order valence-electron chi connectivity index (χ4n) is 0.401. The van der Waals surface area contributed by atoms with Crippen molar-refractivity contribution in [2.24, 2.45) is 0 Å². The Morgan fingerprint density at radius 1 is 1.43 bits per heavy atom. The summed E-state index contributed by atoms with van der Waals surface area (Å²) in [7, 11) is 0. The lowest BCUT2D eigenvalue weighted by Crippen LogP contribution is -1.75. The molecule has 1 unspecified atom stereocenters. The van der Waals surface area contributed by atoms with Crippen molar-refractivity contribution in [3.63, 3.8) is 0 Å². The third-order valence-electron chi connectivity index (χ3n) is 0.809. The highest BCUT2D eigenvalue weighted by atomic mass is 79.9. The lowest BCUT2D eigenvalue weighted by Gasteiger charge is -2.01. The van der Waals surface area contributed by atoms with Crippen LogP contribution >= 0.6 is 22.1 Å². The first-order valence-corrected chi connectivity index (χ1v) is 6.45. The summed E-state index contributed by atoms with van der Waals surface area (Å²) in [6.45, 7) is 4.69. The van der Waals surface area contributed by atoms with Crippen LogP contribution in [-0.2, 0) is 0 Å². The second-order valence-corrected chi connectivity index (χ2v) is 6.52. The number of halogens is 1. The molecule has 0 aromatic rings. The van der Waals surface area contributed by atoms with Crippen molar-refractivity contribution in [1.29, 1.82) is 0 Å². The van der Waals surface area contributed by atoms with Crippen molar-refractivity contribution in [3.05, 3.63) is 0 Å². The molecule has 2 heteroatoms. The third-order valence-corrected chi connectivity index (χ3v) is 5.00. The van der Waals surface area contributed by atoms with Gasteiger partial charge in [-0.2, -0.15) is 0 Å². The van der Waals surface area contributed by atoms with E-state index in [2.05, 4.69) is 29.3 Å². The van der Waals surface area contributed by atoms with E-state index in [1.807, 2.05) is 0 Å². The minimum atomic E-state index is 0.234. The van der Waals surface area contributed by atoms with Crippen molar-refractivity contribution in [1.82, 2.24) is 0 Å². The van der Waals surface area contributed by atoms with E-state index in [1.54, 1.807) is 0 Å². The predicted octanol–water partition coefficient (Wildman–Crippen LogP) is 3.21. The van der Waals surface area contributed by atoms with Gasteiger partial charge < -0.3 is 0 Å². The molecule has 0 aliphatic heterocycles. The average Bonchev–Trinajstić information content (AvgIpc) is 1.68. The number of rotatable bonds is 3. The summed E-state index contributed by atoms with van der Waals surface area (Å²) in [6.07, 6.45) is 4.03. The molecule has 0 amide bonds. The van der Waals surface area contributed by atoms with Gasteiger partial charge in [0.1, 0.15) is 0 Å². The van der Waals surface area contributed by atoms with E-state index >= 15 is 0 Å². The van der Waals surface area contributed by atoms with Crippen LogP contribution in [0.5, 0.6) is 0 Å². The molecule has 0 saturated heterocycles. The van der Waals surface area contributed by atoms with Gasteiger partial charge in [-0.3, -0.25) is 0 Å². The molecule has 1 atom stereocenters. The molecule has 0 saturated carbocycles. The molecule has 0 heterocycles. The Balaban J connectivity index is 2.83. The van der Waals surface area contributed by atoms with Crippen LogP contribution in [0.3, 0.4) is 0 Å². The number of hydrogen-bond acceptors (Lipinski definition) is 0. The molecule has 0 rings (SSSR count). The van der Waals surface area contributed by atoms with Crippen molar-refractivity contribution in [3.8, 4) is 0 Å². The first-order chi connectivity index (χ1) is 3.31. The summed E-state index contributed by atoms with van der Waals surface area (Å²) >= 11 is 3.60. The Hall–Kier alpha value is 0.910. The van der Waals surface area contributed by atoms with Gasteiger partial charge in [-0.15, -0.1) is 0 Å². The fourth-order valence-corrected chi connectivity index (χ4v) is 2.27. The van der Waals surface area contributed by atoms with Crippen LogP contribution in [0.4, 0.5) is 0 Å². The molecule has 0 aromatic heterocycles. The lowest BCUT2D eigenvalue weighted by molar-refractivity contribution is 1.10. The van der Waals surface area contributed by atoms with Gasteiger partial charge in [0.05, 0.1) is 0 Å². The van der Waals surface area contributed by atoms with Gasteiger partial charge in [-0.05, 0) is 18.9 Å². The quantitative estimate of drug-likeness (QED) is 0.589. The van der Waals surface area contributed by atoms with Gasteiger partial charge in [0.2, 0.25) is 0 Å². The molecule has 0 aliphatic carbocycles. The maximum absolute atomic E-state index is 3.60. The zero-order valence-electron chi connectivity index (χ0n) is 4.95. The zero-order chi connectivity index (χ0) is 5.70. The monoisotopic (exact) mass is 182 g/mol. The van der Waals surface area contributed by atoms with Crippen LogP contribution in [0.2, 0.25) is 0 Å².